The van der Waals surface area contributed by atoms with Gasteiger partial charge in [-0.25, -0.2) is 0 Å². The maximum absolute atomic E-state index is 12.5. The first-order chi connectivity index (χ1) is 11.4. The van der Waals surface area contributed by atoms with Gasteiger partial charge in [-0.05, 0) is 51.3 Å². The molecule has 2 atom stereocenters. The zero-order valence-electron chi connectivity index (χ0n) is 15.2. The van der Waals surface area contributed by atoms with E-state index in [1.54, 1.807) is 6.92 Å². The average Bonchev–Trinajstić information content (AvgIpc) is 2.55. The molecule has 2 aromatic carbocycles. The molecule has 0 spiro atoms. The first kappa shape index (κ1) is 18.1. The number of rotatable bonds is 6. The van der Waals surface area contributed by atoms with E-state index in [0.717, 1.165) is 23.3 Å². The van der Waals surface area contributed by atoms with Crippen LogP contribution in [0.2, 0.25) is 0 Å². The Hall–Kier alpha value is -2.29. The van der Waals surface area contributed by atoms with E-state index in [1.807, 2.05) is 26.0 Å². The Balaban J connectivity index is 2.02. The lowest BCUT2D eigenvalue weighted by atomic mass is 10.0. The molecule has 0 aliphatic rings. The van der Waals surface area contributed by atoms with E-state index in [0.29, 0.717) is 0 Å². The summed E-state index contributed by atoms with van der Waals surface area (Å²) in [5, 5.41) is 3.09. The second-order valence-electron chi connectivity index (χ2n) is 6.41. The van der Waals surface area contributed by atoms with Crippen LogP contribution in [-0.2, 0) is 4.79 Å². The molecule has 1 amide bonds. The molecule has 3 nitrogen and oxygen atoms in total. The van der Waals surface area contributed by atoms with E-state index in [9.17, 15) is 4.79 Å². The van der Waals surface area contributed by atoms with Gasteiger partial charge in [-0.1, -0.05) is 54.4 Å². The van der Waals surface area contributed by atoms with Gasteiger partial charge in [0.05, 0.1) is 6.04 Å². The summed E-state index contributed by atoms with van der Waals surface area (Å²) in [6.45, 7) is 9.95. The standard InChI is InChI=1S/C21H27NO2/c1-6-19(18-10-7-14(2)8-11-18)22-21(23)17(5)24-20-12-9-15(3)13-16(20)4/h7-13,17,19H,6H2,1-5H3,(H,22,23)/t17-,19+/m0/s1. The summed E-state index contributed by atoms with van der Waals surface area (Å²) in [5.74, 6) is 0.661. The van der Waals surface area contributed by atoms with Gasteiger partial charge in [0.2, 0.25) is 0 Å². The van der Waals surface area contributed by atoms with E-state index in [4.69, 9.17) is 4.74 Å². The van der Waals surface area contributed by atoms with Gasteiger partial charge in [-0.3, -0.25) is 4.79 Å². The molecule has 0 fully saturated rings. The Morgan fingerprint density at radius 2 is 1.67 bits per heavy atom. The molecule has 0 radical (unpaired) electrons. The molecule has 0 unspecified atom stereocenters. The molecule has 1 N–H and O–H groups in total. The van der Waals surface area contributed by atoms with Crippen molar-refractivity contribution in [3.05, 3.63) is 64.7 Å². The van der Waals surface area contributed by atoms with Crippen LogP contribution in [0.1, 0.15) is 48.6 Å². The highest BCUT2D eigenvalue weighted by Gasteiger charge is 2.19. The number of hydrogen-bond acceptors (Lipinski definition) is 2. The summed E-state index contributed by atoms with van der Waals surface area (Å²) < 4.78 is 5.85. The van der Waals surface area contributed by atoms with Crippen LogP contribution in [0.5, 0.6) is 5.75 Å². The molecule has 0 heterocycles. The zero-order valence-corrected chi connectivity index (χ0v) is 15.2. The van der Waals surface area contributed by atoms with Crippen LogP contribution in [0.15, 0.2) is 42.5 Å². The quantitative estimate of drug-likeness (QED) is 0.840. The van der Waals surface area contributed by atoms with Crippen molar-refractivity contribution in [2.45, 2.75) is 53.2 Å². The summed E-state index contributed by atoms with van der Waals surface area (Å²) in [5.41, 5.74) is 4.56. The number of ether oxygens (including phenoxy) is 1. The number of carbonyl (C=O) groups is 1. The predicted molar refractivity (Wildman–Crippen MR) is 98.4 cm³/mol. The van der Waals surface area contributed by atoms with Crippen LogP contribution in [-0.4, -0.2) is 12.0 Å². The number of aryl methyl sites for hydroxylation is 3. The van der Waals surface area contributed by atoms with Crippen LogP contribution < -0.4 is 10.1 Å². The lowest BCUT2D eigenvalue weighted by Crippen LogP contribution is -2.38. The molecule has 0 saturated carbocycles. The molecular weight excluding hydrogens is 298 g/mol. The van der Waals surface area contributed by atoms with E-state index >= 15 is 0 Å². The fraction of sp³-hybridized carbons (Fsp3) is 0.381. The number of hydrogen-bond donors (Lipinski definition) is 1. The number of nitrogens with one attached hydrogen (secondary N) is 1. The van der Waals surface area contributed by atoms with E-state index in [-0.39, 0.29) is 11.9 Å². The Bertz CT molecular complexity index is 691. The lowest BCUT2D eigenvalue weighted by Gasteiger charge is -2.22. The van der Waals surface area contributed by atoms with Gasteiger partial charge in [0.15, 0.2) is 6.10 Å². The van der Waals surface area contributed by atoms with Crippen LogP contribution in [0.25, 0.3) is 0 Å². The molecule has 2 rings (SSSR count). The number of carbonyl (C=O) groups excluding carboxylic acids is 1. The Kier molecular flexibility index (Phi) is 6.02. The molecular formula is C21H27NO2. The fourth-order valence-electron chi connectivity index (χ4n) is 2.68. The molecule has 0 aliphatic heterocycles. The first-order valence-electron chi connectivity index (χ1n) is 8.51. The maximum atomic E-state index is 12.5. The average molecular weight is 325 g/mol. The minimum absolute atomic E-state index is 0.00302. The second kappa shape index (κ2) is 8.00. The van der Waals surface area contributed by atoms with E-state index in [2.05, 4.69) is 49.5 Å². The van der Waals surface area contributed by atoms with Crippen LogP contribution in [0.3, 0.4) is 0 Å². The fourth-order valence-corrected chi connectivity index (χ4v) is 2.68. The van der Waals surface area contributed by atoms with Crippen molar-refractivity contribution >= 4 is 5.91 Å². The lowest BCUT2D eigenvalue weighted by molar-refractivity contribution is -0.128. The van der Waals surface area contributed by atoms with Crippen molar-refractivity contribution in [2.24, 2.45) is 0 Å². The largest absolute Gasteiger partial charge is 0.481 e. The van der Waals surface area contributed by atoms with Crippen molar-refractivity contribution in [3.63, 3.8) is 0 Å². The highest BCUT2D eigenvalue weighted by Crippen LogP contribution is 2.21. The predicted octanol–water partition coefficient (Wildman–Crippen LogP) is 4.65. The van der Waals surface area contributed by atoms with Gasteiger partial charge in [0.1, 0.15) is 5.75 Å². The molecule has 0 aromatic heterocycles. The topological polar surface area (TPSA) is 38.3 Å². The van der Waals surface area contributed by atoms with Gasteiger partial charge in [-0.15, -0.1) is 0 Å². The summed E-state index contributed by atoms with van der Waals surface area (Å²) in [6.07, 6.45) is 0.302. The monoisotopic (exact) mass is 325 g/mol. The molecule has 2 aromatic rings. The third kappa shape index (κ3) is 4.60. The van der Waals surface area contributed by atoms with E-state index < -0.39 is 6.10 Å². The first-order valence-corrected chi connectivity index (χ1v) is 8.51. The highest BCUT2D eigenvalue weighted by molar-refractivity contribution is 5.81. The zero-order chi connectivity index (χ0) is 17.7. The van der Waals surface area contributed by atoms with Crippen molar-refractivity contribution in [1.82, 2.24) is 5.32 Å². The molecule has 128 valence electrons. The smallest absolute Gasteiger partial charge is 0.261 e. The summed E-state index contributed by atoms with van der Waals surface area (Å²) in [7, 11) is 0. The molecule has 24 heavy (non-hydrogen) atoms. The van der Waals surface area contributed by atoms with Gasteiger partial charge in [-0.2, -0.15) is 0 Å². The van der Waals surface area contributed by atoms with Gasteiger partial charge < -0.3 is 10.1 Å². The summed E-state index contributed by atoms with van der Waals surface area (Å²) in [4.78, 5) is 12.5. The minimum Gasteiger partial charge on any atom is -0.481 e. The Morgan fingerprint density at radius 3 is 2.25 bits per heavy atom. The van der Waals surface area contributed by atoms with Crippen LogP contribution in [0.4, 0.5) is 0 Å². The minimum atomic E-state index is -0.536. The second-order valence-corrected chi connectivity index (χ2v) is 6.41. The number of benzene rings is 2. The highest BCUT2D eigenvalue weighted by atomic mass is 16.5. The third-order valence-electron chi connectivity index (χ3n) is 4.21. The third-order valence-corrected chi connectivity index (χ3v) is 4.21. The van der Waals surface area contributed by atoms with Gasteiger partial charge in [0, 0.05) is 0 Å². The van der Waals surface area contributed by atoms with Crippen molar-refractivity contribution < 1.29 is 9.53 Å². The normalized spacial score (nSPS) is 13.2. The van der Waals surface area contributed by atoms with Gasteiger partial charge >= 0.3 is 0 Å². The van der Waals surface area contributed by atoms with Crippen LogP contribution >= 0.6 is 0 Å². The summed E-state index contributed by atoms with van der Waals surface area (Å²) >= 11 is 0. The van der Waals surface area contributed by atoms with Crippen molar-refractivity contribution in [2.75, 3.05) is 0 Å². The molecule has 3 heteroatoms. The van der Waals surface area contributed by atoms with Crippen LogP contribution in [0, 0.1) is 20.8 Å². The Labute approximate surface area is 145 Å². The SMILES string of the molecule is CC[C@@H](NC(=O)[C@H](C)Oc1ccc(C)cc1C)c1ccc(C)cc1. The van der Waals surface area contributed by atoms with Gasteiger partial charge in [0.25, 0.3) is 5.91 Å². The molecule has 0 bridgehead atoms. The van der Waals surface area contributed by atoms with Crippen molar-refractivity contribution in [1.29, 1.82) is 0 Å². The summed E-state index contributed by atoms with van der Waals surface area (Å²) in [6, 6.07) is 14.3. The number of amides is 1. The van der Waals surface area contributed by atoms with E-state index in [1.165, 1.54) is 11.1 Å². The maximum Gasteiger partial charge on any atom is 0.261 e. The van der Waals surface area contributed by atoms with Crippen molar-refractivity contribution in [3.8, 4) is 5.75 Å². The Morgan fingerprint density at radius 1 is 1.04 bits per heavy atom. The molecule has 0 aliphatic carbocycles. The molecule has 0 saturated heterocycles.